The first-order chi connectivity index (χ1) is 8.80. The van der Waals surface area contributed by atoms with E-state index in [1.807, 2.05) is 0 Å². The summed E-state index contributed by atoms with van der Waals surface area (Å²) in [5.74, 6) is -1.13. The van der Waals surface area contributed by atoms with Gasteiger partial charge in [-0.15, -0.1) is 0 Å². The molecular formula is C12H12B2ClNO3. The zero-order valence-corrected chi connectivity index (χ0v) is 11.0. The number of benzene rings is 1. The standard InChI is InChI=1S/C12H12B2ClNO3/c13-7-8(14)11(19)9(15)6(10(7)18)12(16)4-2-1-3-5(12)17/h18-19H,1-4,16H2. The molecule has 0 aliphatic heterocycles. The molecule has 0 saturated heterocycles. The fraction of sp³-hybridized carbons (Fsp3) is 0.417. The Morgan fingerprint density at radius 1 is 1.16 bits per heavy atom. The van der Waals surface area contributed by atoms with E-state index in [0.29, 0.717) is 12.8 Å². The highest BCUT2D eigenvalue weighted by atomic mass is 35.5. The largest absolute Gasteiger partial charge is 0.508 e. The number of nitrogens with two attached hydrogens (primary N) is 1. The Hall–Kier alpha value is -1.13. The number of phenolic OH excluding ortho intramolecular Hbond substituents is 2. The van der Waals surface area contributed by atoms with E-state index in [1.165, 1.54) is 0 Å². The first-order valence-corrected chi connectivity index (χ1v) is 6.29. The third kappa shape index (κ3) is 2.03. The third-order valence-corrected chi connectivity index (χ3v) is 4.00. The molecule has 96 valence electrons. The van der Waals surface area contributed by atoms with Gasteiger partial charge >= 0.3 is 0 Å². The molecule has 0 heterocycles. The summed E-state index contributed by atoms with van der Waals surface area (Å²) in [6.07, 6.45) is 2.11. The minimum atomic E-state index is -1.43. The van der Waals surface area contributed by atoms with Gasteiger partial charge in [0.25, 0.3) is 0 Å². The van der Waals surface area contributed by atoms with E-state index in [9.17, 15) is 15.0 Å². The molecule has 0 spiro atoms. The molecule has 0 bridgehead atoms. The molecule has 0 aromatic heterocycles. The summed E-state index contributed by atoms with van der Waals surface area (Å²) in [5, 5.41) is 19.7. The van der Waals surface area contributed by atoms with Crippen molar-refractivity contribution in [2.45, 2.75) is 31.2 Å². The maximum Gasteiger partial charge on any atom is 0.157 e. The Morgan fingerprint density at radius 3 is 2.32 bits per heavy atom. The van der Waals surface area contributed by atoms with Crippen LogP contribution in [0.5, 0.6) is 11.5 Å². The third-order valence-electron chi connectivity index (χ3n) is 3.63. The lowest BCUT2D eigenvalue weighted by atomic mass is 9.71. The van der Waals surface area contributed by atoms with E-state index in [2.05, 4.69) is 0 Å². The van der Waals surface area contributed by atoms with Crippen molar-refractivity contribution in [2.24, 2.45) is 5.73 Å². The van der Waals surface area contributed by atoms with E-state index < -0.39 is 17.0 Å². The van der Waals surface area contributed by atoms with Crippen molar-refractivity contribution in [2.75, 3.05) is 0 Å². The van der Waals surface area contributed by atoms with E-state index in [0.717, 1.165) is 12.8 Å². The molecule has 4 radical (unpaired) electrons. The first-order valence-electron chi connectivity index (χ1n) is 5.91. The van der Waals surface area contributed by atoms with Gasteiger partial charge in [-0.25, -0.2) is 0 Å². The van der Waals surface area contributed by atoms with Crippen LogP contribution < -0.4 is 16.7 Å². The lowest BCUT2D eigenvalue weighted by Crippen LogP contribution is -2.48. The predicted octanol–water partition coefficient (Wildman–Crippen LogP) is -0.364. The van der Waals surface area contributed by atoms with E-state index in [1.54, 1.807) is 0 Å². The van der Waals surface area contributed by atoms with Crippen molar-refractivity contribution in [3.63, 3.8) is 0 Å². The van der Waals surface area contributed by atoms with Crippen LogP contribution in [-0.2, 0) is 10.3 Å². The molecule has 1 atom stereocenters. The van der Waals surface area contributed by atoms with Gasteiger partial charge in [0.05, 0.1) is 5.02 Å². The van der Waals surface area contributed by atoms with Crippen LogP contribution in [0.2, 0.25) is 5.02 Å². The summed E-state index contributed by atoms with van der Waals surface area (Å²) in [5.41, 5.74) is 4.20. The van der Waals surface area contributed by atoms with Crippen molar-refractivity contribution >= 4 is 44.0 Å². The first kappa shape index (κ1) is 14.3. The van der Waals surface area contributed by atoms with Gasteiger partial charge in [-0.05, 0) is 12.8 Å². The molecular weight excluding hydrogens is 263 g/mol. The average molecular weight is 275 g/mol. The fourth-order valence-electron chi connectivity index (χ4n) is 2.45. The molecule has 1 aromatic carbocycles. The molecule has 1 aliphatic carbocycles. The molecule has 4 nitrogen and oxygen atoms in total. The van der Waals surface area contributed by atoms with Crippen LogP contribution in [0.3, 0.4) is 0 Å². The van der Waals surface area contributed by atoms with E-state index in [4.69, 9.17) is 33.0 Å². The zero-order valence-electron chi connectivity index (χ0n) is 10.2. The Morgan fingerprint density at radius 2 is 1.74 bits per heavy atom. The number of hydrogen-bond donors (Lipinski definition) is 3. The number of hydrogen-bond acceptors (Lipinski definition) is 4. The maximum atomic E-state index is 12.1. The average Bonchev–Trinajstić information content (AvgIpc) is 2.38. The predicted molar refractivity (Wildman–Crippen MR) is 74.9 cm³/mol. The number of Topliss-reactive ketones (excluding diaryl/α,β-unsaturated/α-hetero) is 1. The van der Waals surface area contributed by atoms with Gasteiger partial charge in [0, 0.05) is 12.0 Å². The fourth-order valence-corrected chi connectivity index (χ4v) is 2.81. The highest BCUT2D eigenvalue weighted by Crippen LogP contribution is 2.42. The number of ketones is 1. The minimum Gasteiger partial charge on any atom is -0.508 e. The lowest BCUT2D eigenvalue weighted by molar-refractivity contribution is -0.126. The van der Waals surface area contributed by atoms with E-state index in [-0.39, 0.29) is 27.3 Å². The molecule has 1 saturated carbocycles. The lowest BCUT2D eigenvalue weighted by Gasteiger charge is -2.34. The van der Waals surface area contributed by atoms with Crippen LogP contribution >= 0.6 is 11.6 Å². The Bertz CT molecular complexity index is 535. The van der Waals surface area contributed by atoms with Gasteiger partial charge in [-0.1, -0.05) is 28.9 Å². The molecule has 4 N–H and O–H groups in total. The quantitative estimate of drug-likeness (QED) is 0.482. The Balaban J connectivity index is 2.72. The second-order valence-electron chi connectivity index (χ2n) is 4.82. The van der Waals surface area contributed by atoms with Crippen molar-refractivity contribution in [1.82, 2.24) is 0 Å². The van der Waals surface area contributed by atoms with Gasteiger partial charge in [0.15, 0.2) is 5.78 Å². The monoisotopic (exact) mass is 275 g/mol. The second kappa shape index (κ2) is 4.76. The number of carbonyl (C=O) groups is 1. The number of halogens is 1. The highest BCUT2D eigenvalue weighted by molar-refractivity contribution is 6.52. The van der Waals surface area contributed by atoms with Gasteiger partial charge in [-0.2, -0.15) is 0 Å². The number of rotatable bonds is 1. The minimum absolute atomic E-state index is 0.0388. The van der Waals surface area contributed by atoms with Gasteiger partial charge in [0.1, 0.15) is 32.7 Å². The molecule has 1 fully saturated rings. The molecule has 0 amide bonds. The van der Waals surface area contributed by atoms with Crippen LogP contribution in [0.1, 0.15) is 31.2 Å². The van der Waals surface area contributed by atoms with Crippen molar-refractivity contribution < 1.29 is 15.0 Å². The van der Waals surface area contributed by atoms with Crippen molar-refractivity contribution in [1.29, 1.82) is 0 Å². The molecule has 1 aliphatic rings. The number of carbonyl (C=O) groups excluding carboxylic acids is 1. The van der Waals surface area contributed by atoms with Crippen LogP contribution in [0.4, 0.5) is 0 Å². The summed E-state index contributed by atoms with van der Waals surface area (Å²) >= 11 is 5.99. The molecule has 1 aromatic rings. The summed E-state index contributed by atoms with van der Waals surface area (Å²) in [7, 11) is 11.1. The van der Waals surface area contributed by atoms with Gasteiger partial charge in [-0.3, -0.25) is 4.79 Å². The summed E-state index contributed by atoms with van der Waals surface area (Å²) < 4.78 is 0. The Labute approximate surface area is 118 Å². The van der Waals surface area contributed by atoms with Crippen LogP contribution in [0.25, 0.3) is 0 Å². The van der Waals surface area contributed by atoms with E-state index >= 15 is 0 Å². The summed E-state index contributed by atoms with van der Waals surface area (Å²) in [4.78, 5) is 12.1. The number of phenols is 2. The molecule has 19 heavy (non-hydrogen) atoms. The molecule has 2 rings (SSSR count). The van der Waals surface area contributed by atoms with Gasteiger partial charge in [0.2, 0.25) is 0 Å². The van der Waals surface area contributed by atoms with Crippen molar-refractivity contribution in [3.05, 3.63) is 10.6 Å². The topological polar surface area (TPSA) is 83.5 Å². The van der Waals surface area contributed by atoms with Crippen LogP contribution in [0, 0.1) is 0 Å². The van der Waals surface area contributed by atoms with Crippen LogP contribution in [0.15, 0.2) is 0 Å². The van der Waals surface area contributed by atoms with Crippen molar-refractivity contribution in [3.8, 4) is 11.5 Å². The molecule has 1 unspecified atom stereocenters. The normalized spacial score (nSPS) is 23.6. The SMILES string of the molecule is [B]c1c([B])c(O)c(C2(N)CCCCC2=O)c(Cl)c1O. The zero-order chi connectivity index (χ0) is 14.4. The summed E-state index contributed by atoms with van der Waals surface area (Å²) in [6.45, 7) is 0. The molecule has 7 heteroatoms. The maximum absolute atomic E-state index is 12.1. The van der Waals surface area contributed by atoms with Gasteiger partial charge < -0.3 is 15.9 Å². The second-order valence-corrected chi connectivity index (χ2v) is 5.19. The van der Waals surface area contributed by atoms with Crippen LogP contribution in [-0.4, -0.2) is 31.7 Å². The summed E-state index contributed by atoms with van der Waals surface area (Å²) in [6, 6.07) is 0. The highest BCUT2D eigenvalue weighted by Gasteiger charge is 2.42. The number of aromatic hydroxyl groups is 2. The Kier molecular flexibility index (Phi) is 3.58. The smallest absolute Gasteiger partial charge is 0.157 e.